The van der Waals surface area contributed by atoms with Gasteiger partial charge in [0.05, 0.1) is 5.92 Å². The van der Waals surface area contributed by atoms with Crippen molar-refractivity contribution in [1.29, 1.82) is 0 Å². The minimum Gasteiger partial charge on any atom is -0.369 e. The maximum Gasteiger partial charge on any atom is 0.222 e. The summed E-state index contributed by atoms with van der Waals surface area (Å²) in [5.41, 5.74) is 5.33. The zero-order chi connectivity index (χ0) is 8.55. The molecule has 1 aliphatic carbocycles. The first-order valence-corrected chi connectivity index (χ1v) is 4.79. The lowest BCUT2D eigenvalue weighted by molar-refractivity contribution is -0.123. The lowest BCUT2D eigenvalue weighted by Crippen LogP contribution is -2.35. The predicted octanol–water partition coefficient (Wildman–Crippen LogP) is 0.107. The molecule has 1 saturated heterocycles. The van der Waals surface area contributed by atoms with Gasteiger partial charge in [-0.1, -0.05) is 19.3 Å². The Hall–Kier alpha value is -0.570. The number of carbonyl (C=O) groups excluding carboxylic acids is 1. The minimum absolute atomic E-state index is 0.107. The molecule has 2 aliphatic rings. The molecule has 0 bridgehead atoms. The van der Waals surface area contributed by atoms with Crippen LogP contribution >= 0.6 is 0 Å². The zero-order valence-electron chi connectivity index (χ0n) is 7.25. The van der Waals surface area contributed by atoms with Crippen LogP contribution < -0.4 is 11.1 Å². The van der Waals surface area contributed by atoms with Crippen LogP contribution in [0.5, 0.6) is 0 Å². The fourth-order valence-corrected chi connectivity index (χ4v) is 2.37. The van der Waals surface area contributed by atoms with E-state index in [-0.39, 0.29) is 11.8 Å². The number of hydrogen-bond acceptors (Lipinski definition) is 2. The molecule has 0 aromatic rings. The molecule has 2 atom stereocenters. The van der Waals surface area contributed by atoms with Gasteiger partial charge >= 0.3 is 0 Å². The molecule has 2 fully saturated rings. The standard InChI is InChI=1S/C9H16N2O/c10-9(12)8-5-11-4-7(8)6-2-1-3-6/h6-8,11H,1-5H2,(H2,10,12). The van der Waals surface area contributed by atoms with Gasteiger partial charge in [0.15, 0.2) is 0 Å². The second-order valence-corrected chi connectivity index (χ2v) is 4.02. The zero-order valence-corrected chi connectivity index (χ0v) is 7.25. The molecule has 12 heavy (non-hydrogen) atoms. The molecule has 0 spiro atoms. The van der Waals surface area contributed by atoms with Crippen molar-refractivity contribution in [3.05, 3.63) is 0 Å². The summed E-state index contributed by atoms with van der Waals surface area (Å²) in [5.74, 6) is 1.31. The monoisotopic (exact) mass is 168 g/mol. The average molecular weight is 168 g/mol. The molecule has 1 amide bonds. The second kappa shape index (κ2) is 3.05. The molecular formula is C9H16N2O. The lowest BCUT2D eigenvalue weighted by Gasteiger charge is -2.33. The molecule has 2 rings (SSSR count). The average Bonchev–Trinajstić information content (AvgIpc) is 2.31. The maximum absolute atomic E-state index is 11.0. The normalized spacial score (nSPS) is 36.3. The first-order valence-electron chi connectivity index (χ1n) is 4.79. The summed E-state index contributed by atoms with van der Waals surface area (Å²) in [7, 11) is 0. The fourth-order valence-electron chi connectivity index (χ4n) is 2.37. The molecule has 0 aromatic heterocycles. The molecule has 0 aromatic carbocycles. The molecule has 3 nitrogen and oxygen atoms in total. The van der Waals surface area contributed by atoms with E-state index in [9.17, 15) is 4.79 Å². The van der Waals surface area contributed by atoms with Crippen LogP contribution in [0.1, 0.15) is 19.3 Å². The van der Waals surface area contributed by atoms with Crippen molar-refractivity contribution in [2.75, 3.05) is 13.1 Å². The number of nitrogens with one attached hydrogen (secondary N) is 1. The summed E-state index contributed by atoms with van der Waals surface area (Å²) in [6.07, 6.45) is 3.94. The summed E-state index contributed by atoms with van der Waals surface area (Å²) in [4.78, 5) is 11.0. The van der Waals surface area contributed by atoms with Gasteiger partial charge in [-0.2, -0.15) is 0 Å². The van der Waals surface area contributed by atoms with E-state index in [4.69, 9.17) is 5.73 Å². The Morgan fingerprint density at radius 1 is 1.33 bits per heavy atom. The summed E-state index contributed by atoms with van der Waals surface area (Å²) >= 11 is 0. The Morgan fingerprint density at radius 3 is 2.58 bits per heavy atom. The van der Waals surface area contributed by atoms with Crippen LogP contribution in [0.15, 0.2) is 0 Å². The van der Waals surface area contributed by atoms with E-state index >= 15 is 0 Å². The highest BCUT2D eigenvalue weighted by molar-refractivity contribution is 5.77. The smallest absolute Gasteiger partial charge is 0.222 e. The SMILES string of the molecule is NC(=O)C1CNCC1C1CCC1. The van der Waals surface area contributed by atoms with Gasteiger partial charge in [0.1, 0.15) is 0 Å². The van der Waals surface area contributed by atoms with Crippen LogP contribution in [0.3, 0.4) is 0 Å². The Balaban J connectivity index is 1.98. The van der Waals surface area contributed by atoms with Crippen LogP contribution in [0.4, 0.5) is 0 Å². The third-order valence-corrected chi connectivity index (χ3v) is 3.38. The van der Waals surface area contributed by atoms with Crippen molar-refractivity contribution in [2.45, 2.75) is 19.3 Å². The van der Waals surface area contributed by atoms with Crippen molar-refractivity contribution in [2.24, 2.45) is 23.5 Å². The molecule has 1 aliphatic heterocycles. The number of rotatable bonds is 2. The van der Waals surface area contributed by atoms with Crippen molar-refractivity contribution in [3.8, 4) is 0 Å². The van der Waals surface area contributed by atoms with Gasteiger partial charge < -0.3 is 11.1 Å². The largest absolute Gasteiger partial charge is 0.369 e. The minimum atomic E-state index is -0.114. The van der Waals surface area contributed by atoms with Crippen molar-refractivity contribution in [1.82, 2.24) is 5.32 Å². The van der Waals surface area contributed by atoms with Gasteiger partial charge in [-0.25, -0.2) is 0 Å². The first-order chi connectivity index (χ1) is 5.79. The predicted molar refractivity (Wildman–Crippen MR) is 46.4 cm³/mol. The molecule has 3 heteroatoms. The lowest BCUT2D eigenvalue weighted by atomic mass is 9.72. The number of hydrogen-bond donors (Lipinski definition) is 2. The molecular weight excluding hydrogens is 152 g/mol. The number of nitrogens with two attached hydrogens (primary N) is 1. The first kappa shape index (κ1) is 8.05. The van der Waals surface area contributed by atoms with Crippen LogP contribution in [0.25, 0.3) is 0 Å². The number of carbonyl (C=O) groups is 1. The Kier molecular flexibility index (Phi) is 2.05. The van der Waals surface area contributed by atoms with Crippen molar-refractivity contribution >= 4 is 5.91 Å². The van der Waals surface area contributed by atoms with Crippen molar-refractivity contribution in [3.63, 3.8) is 0 Å². The molecule has 3 N–H and O–H groups in total. The third-order valence-electron chi connectivity index (χ3n) is 3.38. The van der Waals surface area contributed by atoms with E-state index in [1.165, 1.54) is 19.3 Å². The quantitative estimate of drug-likeness (QED) is 0.614. The summed E-state index contributed by atoms with van der Waals surface area (Å²) in [6.45, 7) is 1.80. The van der Waals surface area contributed by atoms with E-state index in [2.05, 4.69) is 5.32 Å². The molecule has 2 unspecified atom stereocenters. The van der Waals surface area contributed by atoms with Crippen molar-refractivity contribution < 1.29 is 4.79 Å². The highest BCUT2D eigenvalue weighted by atomic mass is 16.1. The van der Waals surface area contributed by atoms with Gasteiger partial charge in [0.25, 0.3) is 0 Å². The van der Waals surface area contributed by atoms with E-state index in [0.717, 1.165) is 19.0 Å². The van der Waals surface area contributed by atoms with E-state index in [1.54, 1.807) is 0 Å². The summed E-state index contributed by atoms with van der Waals surface area (Å²) in [5, 5.41) is 3.25. The van der Waals surface area contributed by atoms with Gasteiger partial charge in [0.2, 0.25) is 5.91 Å². The second-order valence-electron chi connectivity index (χ2n) is 4.02. The van der Waals surface area contributed by atoms with Crippen LogP contribution in [0, 0.1) is 17.8 Å². The highest BCUT2D eigenvalue weighted by Gasteiger charge is 2.38. The van der Waals surface area contributed by atoms with Gasteiger partial charge in [-0.15, -0.1) is 0 Å². The van der Waals surface area contributed by atoms with Gasteiger partial charge in [-0.05, 0) is 18.4 Å². The van der Waals surface area contributed by atoms with Gasteiger partial charge in [-0.3, -0.25) is 4.79 Å². The number of amides is 1. The van der Waals surface area contributed by atoms with E-state index in [1.807, 2.05) is 0 Å². The fraction of sp³-hybridized carbons (Fsp3) is 0.889. The number of primary amides is 1. The maximum atomic E-state index is 11.0. The summed E-state index contributed by atoms with van der Waals surface area (Å²) < 4.78 is 0. The Labute approximate surface area is 72.7 Å². The summed E-state index contributed by atoms with van der Waals surface area (Å²) in [6, 6.07) is 0. The van der Waals surface area contributed by atoms with E-state index in [0.29, 0.717) is 5.92 Å². The third kappa shape index (κ3) is 1.22. The topological polar surface area (TPSA) is 55.1 Å². The highest BCUT2D eigenvalue weighted by Crippen LogP contribution is 2.38. The molecule has 1 saturated carbocycles. The molecule has 68 valence electrons. The molecule has 1 heterocycles. The van der Waals surface area contributed by atoms with Crippen LogP contribution in [-0.2, 0) is 4.79 Å². The Bertz CT molecular complexity index is 189. The Morgan fingerprint density at radius 2 is 2.08 bits per heavy atom. The van der Waals surface area contributed by atoms with Crippen LogP contribution in [0.2, 0.25) is 0 Å². The molecule has 0 radical (unpaired) electrons. The van der Waals surface area contributed by atoms with Gasteiger partial charge in [0, 0.05) is 6.54 Å². The van der Waals surface area contributed by atoms with Crippen LogP contribution in [-0.4, -0.2) is 19.0 Å². The van der Waals surface area contributed by atoms with E-state index < -0.39 is 0 Å².